The average Bonchev–Trinajstić information content (AvgIpc) is 3.08. The van der Waals surface area contributed by atoms with Crippen LogP contribution >= 0.6 is 0 Å². The minimum absolute atomic E-state index is 0.00422. The fourth-order valence-corrected chi connectivity index (χ4v) is 2.17. The number of amides is 2. The van der Waals surface area contributed by atoms with Crippen molar-refractivity contribution in [2.24, 2.45) is 0 Å². The molecular weight excluding hydrogens is 337 g/mol. The van der Waals surface area contributed by atoms with E-state index in [1.807, 2.05) is 0 Å². The van der Waals surface area contributed by atoms with Gasteiger partial charge >= 0.3 is 6.18 Å². The summed E-state index contributed by atoms with van der Waals surface area (Å²) in [6, 6.07) is 7.26. The summed E-state index contributed by atoms with van der Waals surface area (Å²) >= 11 is 0. The van der Waals surface area contributed by atoms with E-state index < -0.39 is 23.7 Å². The molecule has 0 spiro atoms. The van der Waals surface area contributed by atoms with E-state index in [-0.39, 0.29) is 24.6 Å². The highest BCUT2D eigenvalue weighted by molar-refractivity contribution is 5.91. The minimum atomic E-state index is -4.43. The normalized spacial score (nSPS) is 12.5. The van der Waals surface area contributed by atoms with Gasteiger partial charge in [-0.15, -0.1) is 0 Å². The molecule has 0 aliphatic carbocycles. The number of furan rings is 1. The monoisotopic (exact) mass is 354 g/mol. The zero-order chi connectivity index (χ0) is 18.4. The summed E-state index contributed by atoms with van der Waals surface area (Å²) in [6.07, 6.45) is -3.08. The van der Waals surface area contributed by atoms with Crippen LogP contribution in [0.25, 0.3) is 0 Å². The highest BCUT2D eigenvalue weighted by Gasteiger charge is 2.30. The van der Waals surface area contributed by atoms with E-state index in [4.69, 9.17) is 4.42 Å². The molecule has 2 N–H and O–H groups in total. The molecule has 1 atom stereocenters. The van der Waals surface area contributed by atoms with Gasteiger partial charge < -0.3 is 15.1 Å². The van der Waals surface area contributed by atoms with E-state index >= 15 is 0 Å². The van der Waals surface area contributed by atoms with Gasteiger partial charge in [0.2, 0.25) is 5.91 Å². The molecule has 134 valence electrons. The molecule has 0 unspecified atom stereocenters. The average molecular weight is 354 g/mol. The first-order valence-electron chi connectivity index (χ1n) is 7.55. The number of halogens is 3. The molecule has 8 heteroatoms. The van der Waals surface area contributed by atoms with E-state index in [9.17, 15) is 22.8 Å². The van der Waals surface area contributed by atoms with Crippen LogP contribution < -0.4 is 10.6 Å². The SMILES string of the molecule is C[C@H](NC(=O)CCNC(=O)c1ccco1)c1cccc(C(F)(F)F)c1. The van der Waals surface area contributed by atoms with E-state index in [0.717, 1.165) is 12.1 Å². The summed E-state index contributed by atoms with van der Waals surface area (Å²) in [4.78, 5) is 23.5. The van der Waals surface area contributed by atoms with Gasteiger partial charge in [0, 0.05) is 13.0 Å². The lowest BCUT2D eigenvalue weighted by Crippen LogP contribution is -2.32. The van der Waals surface area contributed by atoms with E-state index in [1.165, 1.54) is 24.5 Å². The van der Waals surface area contributed by atoms with Crippen molar-refractivity contribution >= 4 is 11.8 Å². The number of carbonyl (C=O) groups excluding carboxylic acids is 2. The summed E-state index contributed by atoms with van der Waals surface area (Å²) in [5.41, 5.74) is -0.417. The van der Waals surface area contributed by atoms with Crippen LogP contribution in [0.15, 0.2) is 47.1 Å². The maximum Gasteiger partial charge on any atom is 0.416 e. The Labute approximate surface area is 142 Å². The molecule has 0 saturated heterocycles. The third-order valence-corrected chi connectivity index (χ3v) is 3.47. The van der Waals surface area contributed by atoms with Gasteiger partial charge in [-0.05, 0) is 36.8 Å². The summed E-state index contributed by atoms with van der Waals surface area (Å²) in [7, 11) is 0. The lowest BCUT2D eigenvalue weighted by atomic mass is 10.0. The van der Waals surface area contributed by atoms with Crippen molar-refractivity contribution in [3.8, 4) is 0 Å². The second-order valence-corrected chi connectivity index (χ2v) is 5.40. The zero-order valence-corrected chi connectivity index (χ0v) is 13.4. The molecule has 0 saturated carbocycles. The second-order valence-electron chi connectivity index (χ2n) is 5.40. The molecule has 0 bridgehead atoms. The van der Waals surface area contributed by atoms with E-state index in [2.05, 4.69) is 10.6 Å². The van der Waals surface area contributed by atoms with Gasteiger partial charge in [0.1, 0.15) is 0 Å². The molecule has 0 aliphatic heterocycles. The smallest absolute Gasteiger partial charge is 0.416 e. The first-order valence-corrected chi connectivity index (χ1v) is 7.55. The minimum Gasteiger partial charge on any atom is -0.459 e. The quantitative estimate of drug-likeness (QED) is 0.836. The maximum atomic E-state index is 12.7. The van der Waals surface area contributed by atoms with Crippen LogP contribution in [-0.4, -0.2) is 18.4 Å². The lowest BCUT2D eigenvalue weighted by molar-refractivity contribution is -0.137. The predicted molar refractivity (Wildman–Crippen MR) is 83.7 cm³/mol. The Balaban J connectivity index is 1.83. The summed E-state index contributed by atoms with van der Waals surface area (Å²) in [5.74, 6) is -0.689. The van der Waals surface area contributed by atoms with Crippen molar-refractivity contribution in [1.82, 2.24) is 10.6 Å². The van der Waals surface area contributed by atoms with Crippen molar-refractivity contribution in [2.75, 3.05) is 6.54 Å². The third kappa shape index (κ3) is 5.37. The maximum absolute atomic E-state index is 12.7. The van der Waals surface area contributed by atoms with Crippen molar-refractivity contribution in [1.29, 1.82) is 0 Å². The molecule has 1 aromatic heterocycles. The molecule has 25 heavy (non-hydrogen) atoms. The first kappa shape index (κ1) is 18.6. The Kier molecular flexibility index (Phi) is 5.84. The zero-order valence-electron chi connectivity index (χ0n) is 13.4. The molecule has 1 aromatic carbocycles. The van der Waals surface area contributed by atoms with E-state index in [1.54, 1.807) is 13.0 Å². The largest absolute Gasteiger partial charge is 0.459 e. The number of hydrogen-bond acceptors (Lipinski definition) is 3. The van der Waals surface area contributed by atoms with Crippen LogP contribution in [-0.2, 0) is 11.0 Å². The Morgan fingerprint density at radius 2 is 1.96 bits per heavy atom. The van der Waals surface area contributed by atoms with Crippen LogP contribution in [0, 0.1) is 0 Å². The second kappa shape index (κ2) is 7.87. The molecule has 0 radical (unpaired) electrons. The van der Waals surface area contributed by atoms with Gasteiger partial charge in [0.05, 0.1) is 17.9 Å². The third-order valence-electron chi connectivity index (χ3n) is 3.47. The molecular formula is C17H17F3N2O3. The van der Waals surface area contributed by atoms with Crippen LogP contribution in [0.3, 0.4) is 0 Å². The van der Waals surface area contributed by atoms with Crippen LogP contribution in [0.4, 0.5) is 13.2 Å². The van der Waals surface area contributed by atoms with Crippen molar-refractivity contribution in [3.05, 3.63) is 59.5 Å². The van der Waals surface area contributed by atoms with Gasteiger partial charge in [-0.25, -0.2) is 0 Å². The molecule has 0 fully saturated rings. The predicted octanol–water partition coefficient (Wildman–Crippen LogP) is 3.30. The number of alkyl halides is 3. The Morgan fingerprint density at radius 1 is 1.20 bits per heavy atom. The van der Waals surface area contributed by atoms with Crippen molar-refractivity contribution in [3.63, 3.8) is 0 Å². The topological polar surface area (TPSA) is 71.3 Å². The molecule has 1 heterocycles. The highest BCUT2D eigenvalue weighted by atomic mass is 19.4. The Hall–Kier alpha value is -2.77. The number of rotatable bonds is 6. The fraction of sp³-hybridized carbons (Fsp3) is 0.294. The molecule has 0 aliphatic rings. The first-order chi connectivity index (χ1) is 11.8. The van der Waals surface area contributed by atoms with Gasteiger partial charge in [-0.2, -0.15) is 13.2 Å². The van der Waals surface area contributed by atoms with Gasteiger partial charge in [-0.3, -0.25) is 9.59 Å². The molecule has 2 amide bonds. The fourth-order valence-electron chi connectivity index (χ4n) is 2.17. The van der Waals surface area contributed by atoms with E-state index in [0.29, 0.717) is 5.56 Å². The highest BCUT2D eigenvalue weighted by Crippen LogP contribution is 2.30. The molecule has 2 aromatic rings. The summed E-state index contributed by atoms with van der Waals surface area (Å²) < 4.78 is 43.1. The molecule has 2 rings (SSSR count). The summed E-state index contributed by atoms with van der Waals surface area (Å²) in [6.45, 7) is 1.68. The van der Waals surface area contributed by atoms with Gasteiger partial charge in [-0.1, -0.05) is 12.1 Å². The number of hydrogen-bond donors (Lipinski definition) is 2. The van der Waals surface area contributed by atoms with Crippen LogP contribution in [0.5, 0.6) is 0 Å². The number of nitrogens with one attached hydrogen (secondary N) is 2. The Morgan fingerprint density at radius 3 is 2.60 bits per heavy atom. The number of carbonyl (C=O) groups is 2. The van der Waals surface area contributed by atoms with Gasteiger partial charge in [0.25, 0.3) is 5.91 Å². The van der Waals surface area contributed by atoms with Crippen molar-refractivity contribution < 1.29 is 27.2 Å². The standard InChI is InChI=1S/C17H17F3N2O3/c1-11(12-4-2-5-13(10-12)17(18,19)20)22-15(23)7-8-21-16(24)14-6-3-9-25-14/h2-6,9-11H,7-8H2,1H3,(H,21,24)(H,22,23)/t11-/m0/s1. The molecule has 5 nitrogen and oxygen atoms in total. The van der Waals surface area contributed by atoms with Gasteiger partial charge in [0.15, 0.2) is 5.76 Å². The van der Waals surface area contributed by atoms with Crippen molar-refractivity contribution in [2.45, 2.75) is 25.6 Å². The number of benzene rings is 1. The van der Waals surface area contributed by atoms with Crippen LogP contribution in [0.2, 0.25) is 0 Å². The van der Waals surface area contributed by atoms with Crippen LogP contribution in [0.1, 0.15) is 41.1 Å². The Bertz CT molecular complexity index is 727. The summed E-state index contributed by atoms with van der Waals surface area (Å²) in [5, 5.41) is 5.12. The lowest BCUT2D eigenvalue weighted by Gasteiger charge is -2.16.